The minimum absolute atomic E-state index is 0.0712. The lowest BCUT2D eigenvalue weighted by Gasteiger charge is -2.27. The third kappa shape index (κ3) is 7.11. The molecule has 0 aliphatic rings. The Hall–Kier alpha value is -3.27. The standard InChI is InChI=1S/C24H26BrFN4O4/c1-24(2,3)34-23(32)30(14-19-11-17(22(31)33-4)12-20(25)28-19)15-21-27-9-10-29(21)13-16-5-7-18(26)8-6-16/h5-12H,13-15H2,1-4H3. The van der Waals surface area contributed by atoms with Crippen LogP contribution in [0.4, 0.5) is 9.18 Å². The van der Waals surface area contributed by atoms with E-state index in [9.17, 15) is 14.0 Å². The van der Waals surface area contributed by atoms with E-state index in [1.54, 1.807) is 57.4 Å². The fraction of sp³-hybridized carbons (Fsp3) is 0.333. The highest BCUT2D eigenvalue weighted by Crippen LogP contribution is 2.18. The number of ether oxygens (including phenoxy) is 2. The number of hydrogen-bond acceptors (Lipinski definition) is 6. The van der Waals surface area contributed by atoms with Crippen LogP contribution in [0.15, 0.2) is 53.4 Å². The second-order valence-corrected chi connectivity index (χ2v) is 9.41. The molecule has 180 valence electrons. The molecule has 0 N–H and O–H groups in total. The minimum atomic E-state index is -0.708. The van der Waals surface area contributed by atoms with Crippen molar-refractivity contribution < 1.29 is 23.5 Å². The van der Waals surface area contributed by atoms with Crippen LogP contribution in [0.1, 0.15) is 48.2 Å². The maximum Gasteiger partial charge on any atom is 0.411 e. The van der Waals surface area contributed by atoms with Gasteiger partial charge in [0.15, 0.2) is 0 Å². The zero-order valence-electron chi connectivity index (χ0n) is 19.4. The number of rotatable bonds is 7. The predicted molar refractivity (Wildman–Crippen MR) is 126 cm³/mol. The molecular formula is C24H26BrFN4O4. The van der Waals surface area contributed by atoms with Crippen molar-refractivity contribution in [2.24, 2.45) is 0 Å². The number of nitrogens with zero attached hydrogens (tertiary/aromatic N) is 4. The summed E-state index contributed by atoms with van der Waals surface area (Å²) in [4.78, 5) is 35.3. The van der Waals surface area contributed by atoms with E-state index in [4.69, 9.17) is 9.47 Å². The maximum absolute atomic E-state index is 13.3. The van der Waals surface area contributed by atoms with Gasteiger partial charge in [-0.25, -0.2) is 23.9 Å². The SMILES string of the molecule is COC(=O)c1cc(Br)nc(CN(Cc2nccn2Cc2ccc(F)cc2)C(=O)OC(C)(C)C)c1. The largest absolute Gasteiger partial charge is 0.465 e. The molecule has 0 radical (unpaired) electrons. The molecule has 0 saturated carbocycles. The summed E-state index contributed by atoms with van der Waals surface area (Å²) in [6, 6.07) is 9.31. The number of esters is 1. The first kappa shape index (κ1) is 25.4. The van der Waals surface area contributed by atoms with Crippen molar-refractivity contribution in [1.29, 1.82) is 0 Å². The molecule has 3 rings (SSSR count). The highest BCUT2D eigenvalue weighted by molar-refractivity contribution is 9.10. The fourth-order valence-electron chi connectivity index (χ4n) is 3.17. The molecular weight excluding hydrogens is 507 g/mol. The minimum Gasteiger partial charge on any atom is -0.465 e. The summed E-state index contributed by atoms with van der Waals surface area (Å²) in [6.07, 6.45) is 2.88. The molecule has 1 aromatic carbocycles. The van der Waals surface area contributed by atoms with Crippen LogP contribution < -0.4 is 0 Å². The number of carbonyl (C=O) groups is 2. The Morgan fingerprint density at radius 3 is 2.50 bits per heavy atom. The van der Waals surface area contributed by atoms with Gasteiger partial charge in [-0.2, -0.15) is 0 Å². The predicted octanol–water partition coefficient (Wildman–Crippen LogP) is 4.95. The Bertz CT molecular complexity index is 1160. The third-order valence-corrected chi connectivity index (χ3v) is 5.08. The summed E-state index contributed by atoms with van der Waals surface area (Å²) >= 11 is 3.30. The molecule has 10 heteroatoms. The molecule has 0 unspecified atom stereocenters. The quantitative estimate of drug-likeness (QED) is 0.316. The van der Waals surface area contributed by atoms with Gasteiger partial charge in [-0.15, -0.1) is 0 Å². The number of carbonyl (C=O) groups excluding carboxylic acids is 2. The summed E-state index contributed by atoms with van der Waals surface area (Å²) < 4.78 is 26.0. The molecule has 1 amide bonds. The number of amides is 1. The number of hydrogen-bond donors (Lipinski definition) is 0. The molecule has 2 heterocycles. The van der Waals surface area contributed by atoms with Gasteiger partial charge in [0.1, 0.15) is 21.8 Å². The Balaban J connectivity index is 1.87. The zero-order chi connectivity index (χ0) is 24.9. The Morgan fingerprint density at radius 2 is 1.85 bits per heavy atom. The van der Waals surface area contributed by atoms with Crippen molar-refractivity contribution in [2.45, 2.75) is 46.0 Å². The molecule has 2 aromatic heterocycles. The normalized spacial score (nSPS) is 11.2. The Labute approximate surface area is 205 Å². The van der Waals surface area contributed by atoms with Crippen molar-refractivity contribution in [2.75, 3.05) is 7.11 Å². The lowest BCUT2D eigenvalue weighted by Crippen LogP contribution is -2.37. The van der Waals surface area contributed by atoms with Crippen LogP contribution >= 0.6 is 15.9 Å². The van der Waals surface area contributed by atoms with Gasteiger partial charge in [-0.3, -0.25) is 4.90 Å². The molecule has 0 atom stereocenters. The van der Waals surface area contributed by atoms with Crippen molar-refractivity contribution >= 4 is 28.0 Å². The van der Waals surface area contributed by atoms with Crippen molar-refractivity contribution in [3.8, 4) is 0 Å². The number of aromatic nitrogens is 3. The van der Waals surface area contributed by atoms with Crippen LogP contribution in [-0.2, 0) is 29.1 Å². The lowest BCUT2D eigenvalue weighted by molar-refractivity contribution is 0.0207. The van der Waals surface area contributed by atoms with Crippen LogP contribution in [0, 0.1) is 5.82 Å². The molecule has 0 aliphatic carbocycles. The topological polar surface area (TPSA) is 86.5 Å². The first-order valence-corrected chi connectivity index (χ1v) is 11.3. The molecule has 0 spiro atoms. The summed E-state index contributed by atoms with van der Waals surface area (Å²) in [5.41, 5.74) is 0.959. The number of methoxy groups -OCH3 is 1. The number of halogens is 2. The Morgan fingerprint density at radius 1 is 1.15 bits per heavy atom. The number of benzene rings is 1. The van der Waals surface area contributed by atoms with Gasteiger partial charge in [-0.05, 0) is 66.5 Å². The number of pyridine rings is 1. The number of imidazole rings is 1. The van der Waals surface area contributed by atoms with E-state index in [0.717, 1.165) is 5.56 Å². The van der Waals surface area contributed by atoms with E-state index in [1.807, 2.05) is 4.57 Å². The lowest BCUT2D eigenvalue weighted by atomic mass is 10.2. The summed E-state index contributed by atoms with van der Waals surface area (Å²) in [5.74, 6) is -0.208. The van der Waals surface area contributed by atoms with Gasteiger partial charge in [0.25, 0.3) is 0 Å². The van der Waals surface area contributed by atoms with Crippen LogP contribution in [0.5, 0.6) is 0 Å². The van der Waals surface area contributed by atoms with E-state index < -0.39 is 17.7 Å². The summed E-state index contributed by atoms with van der Waals surface area (Å²) in [7, 11) is 1.30. The molecule has 8 nitrogen and oxygen atoms in total. The first-order chi connectivity index (χ1) is 16.0. The van der Waals surface area contributed by atoms with Gasteiger partial charge in [0.05, 0.1) is 31.5 Å². The van der Waals surface area contributed by atoms with Gasteiger partial charge in [0.2, 0.25) is 0 Å². The molecule has 34 heavy (non-hydrogen) atoms. The smallest absolute Gasteiger partial charge is 0.411 e. The monoisotopic (exact) mass is 532 g/mol. The highest BCUT2D eigenvalue weighted by atomic mass is 79.9. The zero-order valence-corrected chi connectivity index (χ0v) is 21.0. The van der Waals surface area contributed by atoms with Crippen molar-refractivity contribution in [3.05, 3.63) is 81.9 Å². The van der Waals surface area contributed by atoms with Crippen LogP contribution in [0.3, 0.4) is 0 Å². The Kier molecular flexibility index (Phi) is 8.03. The van der Waals surface area contributed by atoms with Gasteiger partial charge >= 0.3 is 12.1 Å². The average molecular weight is 533 g/mol. The van der Waals surface area contributed by atoms with E-state index in [1.165, 1.54) is 24.1 Å². The fourth-order valence-corrected chi connectivity index (χ4v) is 3.64. The van der Waals surface area contributed by atoms with Gasteiger partial charge in [0, 0.05) is 18.9 Å². The summed E-state index contributed by atoms with van der Waals surface area (Å²) in [6.45, 7) is 6.01. The molecule has 0 aliphatic heterocycles. The van der Waals surface area contributed by atoms with E-state index >= 15 is 0 Å². The van der Waals surface area contributed by atoms with Crippen LogP contribution in [-0.4, -0.2) is 44.2 Å². The van der Waals surface area contributed by atoms with E-state index in [0.29, 0.717) is 28.2 Å². The summed E-state index contributed by atoms with van der Waals surface area (Å²) in [5, 5.41) is 0. The maximum atomic E-state index is 13.3. The molecule has 0 bridgehead atoms. The van der Waals surface area contributed by atoms with Gasteiger partial charge in [-0.1, -0.05) is 12.1 Å². The van der Waals surface area contributed by atoms with Crippen molar-refractivity contribution in [1.82, 2.24) is 19.4 Å². The molecule has 0 fully saturated rings. The van der Waals surface area contributed by atoms with E-state index in [2.05, 4.69) is 25.9 Å². The third-order valence-electron chi connectivity index (χ3n) is 4.67. The van der Waals surface area contributed by atoms with E-state index in [-0.39, 0.29) is 18.9 Å². The second-order valence-electron chi connectivity index (χ2n) is 8.60. The average Bonchev–Trinajstić information content (AvgIpc) is 3.19. The first-order valence-electron chi connectivity index (χ1n) is 10.5. The van der Waals surface area contributed by atoms with Crippen molar-refractivity contribution in [3.63, 3.8) is 0 Å². The second kappa shape index (κ2) is 10.8. The van der Waals surface area contributed by atoms with Crippen LogP contribution in [0.2, 0.25) is 0 Å². The molecule has 3 aromatic rings. The highest BCUT2D eigenvalue weighted by Gasteiger charge is 2.25. The van der Waals surface area contributed by atoms with Gasteiger partial charge < -0.3 is 14.0 Å². The van der Waals surface area contributed by atoms with Crippen LogP contribution in [0.25, 0.3) is 0 Å². The molecule has 0 saturated heterocycles.